The lowest BCUT2D eigenvalue weighted by atomic mass is 10.1. The first-order valence-corrected chi connectivity index (χ1v) is 11.2. The van der Waals surface area contributed by atoms with Gasteiger partial charge in [0.05, 0.1) is 4.90 Å². The van der Waals surface area contributed by atoms with E-state index in [1.807, 2.05) is 54.1 Å². The number of amides is 1. The molecule has 3 aromatic rings. The summed E-state index contributed by atoms with van der Waals surface area (Å²) in [6.07, 6.45) is 1.86. The second-order valence-electron chi connectivity index (χ2n) is 7.39. The van der Waals surface area contributed by atoms with E-state index in [1.165, 1.54) is 17.7 Å². The number of hydrogen-bond donors (Lipinski definition) is 1. The Balaban J connectivity index is 1.92. The standard InChI is InChI=1S/C23H25N3O3S/c1-17(2)25-30(28,29)21-8-6-7-20(15-21)23(27)24-22-9-4-5-14-26(22)16-19-12-10-18(3)11-13-19/h4-15,17,25H,16H2,1-3H3. The number of nitrogens with zero attached hydrogens (tertiary/aromatic N) is 2. The fraction of sp³-hybridized carbons (Fsp3) is 0.217. The highest BCUT2D eigenvalue weighted by Crippen LogP contribution is 2.13. The van der Waals surface area contributed by atoms with Gasteiger partial charge in [0.15, 0.2) is 0 Å². The third kappa shape index (κ3) is 5.52. The quantitative estimate of drug-likeness (QED) is 0.661. The van der Waals surface area contributed by atoms with Gasteiger partial charge in [-0.1, -0.05) is 42.0 Å². The lowest BCUT2D eigenvalue weighted by molar-refractivity contribution is 0.0997. The summed E-state index contributed by atoms with van der Waals surface area (Å²) in [6, 6.07) is 19.3. The molecule has 0 atom stereocenters. The van der Waals surface area contributed by atoms with Gasteiger partial charge in [0.2, 0.25) is 10.0 Å². The van der Waals surface area contributed by atoms with Crippen LogP contribution >= 0.6 is 0 Å². The smallest absolute Gasteiger partial charge is 0.278 e. The molecular formula is C23H25N3O3S. The van der Waals surface area contributed by atoms with E-state index in [4.69, 9.17) is 0 Å². The van der Waals surface area contributed by atoms with E-state index in [0.717, 1.165) is 5.56 Å². The van der Waals surface area contributed by atoms with Gasteiger partial charge >= 0.3 is 0 Å². The second kappa shape index (κ2) is 9.19. The van der Waals surface area contributed by atoms with Crippen molar-refractivity contribution < 1.29 is 13.2 Å². The number of hydrogen-bond acceptors (Lipinski definition) is 3. The Morgan fingerprint density at radius 2 is 1.77 bits per heavy atom. The Hall–Kier alpha value is -3.03. The van der Waals surface area contributed by atoms with Crippen LogP contribution < -0.4 is 10.2 Å². The van der Waals surface area contributed by atoms with Crippen molar-refractivity contribution in [2.75, 3.05) is 0 Å². The van der Waals surface area contributed by atoms with Crippen LogP contribution in [0.1, 0.15) is 35.3 Å². The molecule has 0 aliphatic rings. The number of rotatable bonds is 6. The van der Waals surface area contributed by atoms with Gasteiger partial charge in [-0.15, -0.1) is 0 Å². The lowest BCUT2D eigenvalue weighted by Gasteiger charge is -2.10. The van der Waals surface area contributed by atoms with Crippen molar-refractivity contribution in [1.82, 2.24) is 9.29 Å². The molecule has 0 radical (unpaired) electrons. The minimum atomic E-state index is -3.69. The van der Waals surface area contributed by atoms with Crippen LogP contribution in [0.25, 0.3) is 0 Å². The summed E-state index contributed by atoms with van der Waals surface area (Å²) >= 11 is 0. The Labute approximate surface area is 177 Å². The normalized spacial score (nSPS) is 12.3. The predicted molar refractivity (Wildman–Crippen MR) is 117 cm³/mol. The number of carbonyl (C=O) groups is 1. The fourth-order valence-electron chi connectivity index (χ4n) is 2.94. The Bertz CT molecular complexity index is 1210. The average molecular weight is 424 g/mol. The van der Waals surface area contributed by atoms with Gasteiger partial charge in [-0.05, 0) is 56.7 Å². The molecule has 0 bridgehead atoms. The third-order valence-corrected chi connectivity index (χ3v) is 6.04. The van der Waals surface area contributed by atoms with E-state index in [1.54, 1.807) is 32.0 Å². The van der Waals surface area contributed by atoms with E-state index in [9.17, 15) is 13.2 Å². The van der Waals surface area contributed by atoms with Crippen LogP contribution in [0.3, 0.4) is 0 Å². The van der Waals surface area contributed by atoms with Gasteiger partial charge in [-0.3, -0.25) is 4.79 Å². The Morgan fingerprint density at radius 3 is 2.47 bits per heavy atom. The van der Waals surface area contributed by atoms with Crippen molar-refractivity contribution in [3.05, 3.63) is 95.1 Å². The SMILES string of the molecule is Cc1ccc(Cn2ccccc2=NC(=O)c2cccc(S(=O)(=O)NC(C)C)c2)cc1. The minimum Gasteiger partial charge on any atom is -0.328 e. The van der Waals surface area contributed by atoms with Crippen molar-refractivity contribution in [3.8, 4) is 0 Å². The van der Waals surface area contributed by atoms with Crippen molar-refractivity contribution in [2.45, 2.75) is 38.3 Å². The second-order valence-corrected chi connectivity index (χ2v) is 9.11. The summed E-state index contributed by atoms with van der Waals surface area (Å²) in [6.45, 7) is 6.08. The molecule has 1 heterocycles. The average Bonchev–Trinajstić information content (AvgIpc) is 2.70. The van der Waals surface area contributed by atoms with Gasteiger partial charge in [0, 0.05) is 24.3 Å². The van der Waals surface area contributed by atoms with Crippen molar-refractivity contribution in [2.24, 2.45) is 4.99 Å². The highest BCUT2D eigenvalue weighted by atomic mass is 32.2. The number of aromatic nitrogens is 1. The van der Waals surface area contributed by atoms with Crippen LogP contribution in [0.15, 0.2) is 82.8 Å². The van der Waals surface area contributed by atoms with Gasteiger partial charge in [-0.2, -0.15) is 4.99 Å². The molecule has 0 unspecified atom stereocenters. The number of aryl methyl sites for hydroxylation is 1. The summed E-state index contributed by atoms with van der Waals surface area (Å²) in [5, 5.41) is 0. The summed E-state index contributed by atoms with van der Waals surface area (Å²) in [7, 11) is -3.69. The summed E-state index contributed by atoms with van der Waals surface area (Å²) in [5.74, 6) is -0.500. The molecule has 2 aromatic carbocycles. The van der Waals surface area contributed by atoms with Gasteiger partial charge < -0.3 is 4.57 Å². The Morgan fingerprint density at radius 1 is 1.03 bits per heavy atom. The van der Waals surface area contributed by atoms with Crippen LogP contribution in [0.5, 0.6) is 0 Å². The zero-order valence-corrected chi connectivity index (χ0v) is 18.1. The van der Waals surface area contributed by atoms with Crippen molar-refractivity contribution in [3.63, 3.8) is 0 Å². The maximum atomic E-state index is 12.8. The maximum Gasteiger partial charge on any atom is 0.278 e. The summed E-state index contributed by atoms with van der Waals surface area (Å²) in [5.41, 5.74) is 2.98. The largest absolute Gasteiger partial charge is 0.328 e. The van der Waals surface area contributed by atoms with E-state index in [2.05, 4.69) is 9.71 Å². The van der Waals surface area contributed by atoms with Crippen LogP contribution in [0, 0.1) is 6.92 Å². The number of pyridine rings is 1. The zero-order valence-electron chi connectivity index (χ0n) is 17.2. The first-order valence-electron chi connectivity index (χ1n) is 9.67. The molecule has 0 fully saturated rings. The molecule has 156 valence electrons. The number of benzene rings is 2. The first-order chi connectivity index (χ1) is 14.2. The molecule has 1 N–H and O–H groups in total. The molecule has 6 nitrogen and oxygen atoms in total. The molecule has 1 amide bonds. The molecule has 0 aliphatic carbocycles. The van der Waals surface area contributed by atoms with E-state index in [-0.39, 0.29) is 16.5 Å². The van der Waals surface area contributed by atoms with Gasteiger partial charge in [0.25, 0.3) is 5.91 Å². The summed E-state index contributed by atoms with van der Waals surface area (Å²) in [4.78, 5) is 17.0. The van der Waals surface area contributed by atoms with Crippen LogP contribution in [-0.4, -0.2) is 24.9 Å². The highest BCUT2D eigenvalue weighted by Gasteiger charge is 2.17. The molecule has 0 saturated carbocycles. The first kappa shape index (κ1) is 21.7. The van der Waals surface area contributed by atoms with Gasteiger partial charge in [-0.25, -0.2) is 13.1 Å². The molecule has 7 heteroatoms. The van der Waals surface area contributed by atoms with Gasteiger partial charge in [0.1, 0.15) is 5.49 Å². The number of nitrogens with one attached hydrogen (secondary N) is 1. The predicted octanol–water partition coefficient (Wildman–Crippen LogP) is 3.27. The lowest BCUT2D eigenvalue weighted by Crippen LogP contribution is -2.30. The third-order valence-electron chi connectivity index (χ3n) is 4.39. The van der Waals surface area contributed by atoms with E-state index in [0.29, 0.717) is 12.0 Å². The number of sulfonamides is 1. The van der Waals surface area contributed by atoms with Crippen LogP contribution in [0.2, 0.25) is 0 Å². The van der Waals surface area contributed by atoms with E-state index < -0.39 is 15.9 Å². The summed E-state index contributed by atoms with van der Waals surface area (Å²) < 4.78 is 29.2. The van der Waals surface area contributed by atoms with Crippen LogP contribution in [-0.2, 0) is 16.6 Å². The highest BCUT2D eigenvalue weighted by molar-refractivity contribution is 7.89. The molecule has 1 aromatic heterocycles. The Kier molecular flexibility index (Phi) is 6.64. The van der Waals surface area contributed by atoms with E-state index >= 15 is 0 Å². The molecule has 0 aliphatic heterocycles. The zero-order chi connectivity index (χ0) is 21.7. The molecule has 3 rings (SSSR count). The minimum absolute atomic E-state index is 0.0397. The molecule has 30 heavy (non-hydrogen) atoms. The topological polar surface area (TPSA) is 80.5 Å². The monoisotopic (exact) mass is 423 g/mol. The molecular weight excluding hydrogens is 398 g/mol. The van der Waals surface area contributed by atoms with Crippen molar-refractivity contribution in [1.29, 1.82) is 0 Å². The molecule has 0 saturated heterocycles. The molecule has 0 spiro atoms. The maximum absolute atomic E-state index is 12.8. The van der Waals surface area contributed by atoms with Crippen LogP contribution in [0.4, 0.5) is 0 Å². The van der Waals surface area contributed by atoms with Crippen molar-refractivity contribution >= 4 is 15.9 Å². The number of carbonyl (C=O) groups excluding carboxylic acids is 1. The fourth-order valence-corrected chi connectivity index (χ4v) is 4.23.